The van der Waals surface area contributed by atoms with Crippen molar-refractivity contribution in [3.8, 4) is 5.75 Å². The molecule has 136 valence electrons. The highest BCUT2D eigenvalue weighted by Gasteiger charge is 2.23. The summed E-state index contributed by atoms with van der Waals surface area (Å²) in [4.78, 5) is 4.11. The number of benzene rings is 2. The van der Waals surface area contributed by atoms with Gasteiger partial charge in [-0.15, -0.1) is 11.3 Å². The summed E-state index contributed by atoms with van der Waals surface area (Å²) in [5, 5.41) is 8.37. The van der Waals surface area contributed by atoms with Gasteiger partial charge in [0.2, 0.25) is 0 Å². The molecule has 0 aliphatic carbocycles. The van der Waals surface area contributed by atoms with Gasteiger partial charge in [-0.3, -0.25) is 4.90 Å². The largest absolute Gasteiger partial charge is 0.497 e. The number of fused-ring (bicyclic) bond motifs is 1. The van der Waals surface area contributed by atoms with E-state index in [0.29, 0.717) is 6.04 Å². The van der Waals surface area contributed by atoms with Gasteiger partial charge in [-0.2, -0.15) is 0 Å². The minimum atomic E-state index is 0.502. The van der Waals surface area contributed by atoms with Gasteiger partial charge in [0, 0.05) is 18.0 Å². The summed E-state index contributed by atoms with van der Waals surface area (Å²) in [6.45, 7) is 4.35. The lowest BCUT2D eigenvalue weighted by molar-refractivity contribution is 0.242. The van der Waals surface area contributed by atoms with E-state index in [1.165, 1.54) is 47.1 Å². The second-order valence-electron chi connectivity index (χ2n) is 6.95. The number of nitrogens with zero attached hydrogens (tertiary/aromatic N) is 1. The number of thiophene rings is 1. The minimum Gasteiger partial charge on any atom is -0.497 e. The lowest BCUT2D eigenvalue weighted by atomic mass is 10.1. The summed E-state index contributed by atoms with van der Waals surface area (Å²) in [5.74, 6) is 0.910. The molecule has 0 radical (unpaired) electrons. The van der Waals surface area contributed by atoms with Crippen molar-refractivity contribution in [2.75, 3.05) is 26.7 Å². The molecule has 0 amide bonds. The van der Waals surface area contributed by atoms with E-state index in [1.807, 2.05) is 17.4 Å². The van der Waals surface area contributed by atoms with Crippen LogP contribution in [-0.2, 0) is 6.54 Å². The van der Waals surface area contributed by atoms with Crippen LogP contribution in [0.3, 0.4) is 0 Å². The fourth-order valence-corrected chi connectivity index (χ4v) is 4.67. The summed E-state index contributed by atoms with van der Waals surface area (Å²) >= 11 is 1.88. The highest BCUT2D eigenvalue weighted by atomic mass is 32.1. The summed E-state index contributed by atoms with van der Waals surface area (Å²) in [6.07, 6.45) is 2.66. The standard InChI is InChI=1S/C22H26N2OS/c1-25-20-9-8-18-13-17(6-7-19(18)14-20)15-23-16-21(22-5-4-12-26-22)24-10-2-3-11-24/h4-9,12-14,21,23H,2-3,10-11,15-16H2,1H3/t21-/m0/s1. The van der Waals surface area contributed by atoms with E-state index in [2.05, 4.69) is 58.1 Å². The van der Waals surface area contributed by atoms with Crippen molar-refractivity contribution < 1.29 is 4.74 Å². The van der Waals surface area contributed by atoms with Gasteiger partial charge in [0.05, 0.1) is 13.2 Å². The molecule has 2 heterocycles. The van der Waals surface area contributed by atoms with Gasteiger partial charge >= 0.3 is 0 Å². The van der Waals surface area contributed by atoms with E-state index in [1.54, 1.807) is 7.11 Å². The number of likely N-dealkylation sites (tertiary alicyclic amines) is 1. The van der Waals surface area contributed by atoms with Crippen LogP contribution in [0.1, 0.15) is 29.3 Å². The Morgan fingerprint density at radius 1 is 1.08 bits per heavy atom. The maximum Gasteiger partial charge on any atom is 0.119 e. The zero-order valence-corrected chi connectivity index (χ0v) is 16.1. The molecular formula is C22H26N2OS. The van der Waals surface area contributed by atoms with Crippen molar-refractivity contribution in [2.45, 2.75) is 25.4 Å². The van der Waals surface area contributed by atoms with Gasteiger partial charge in [-0.1, -0.05) is 24.3 Å². The Bertz CT molecular complexity index is 840. The zero-order valence-electron chi connectivity index (χ0n) is 15.3. The summed E-state index contributed by atoms with van der Waals surface area (Å²) in [6, 6.07) is 17.9. The first kappa shape index (κ1) is 17.5. The zero-order chi connectivity index (χ0) is 17.8. The lowest BCUT2D eigenvalue weighted by Gasteiger charge is -2.27. The van der Waals surface area contributed by atoms with E-state index >= 15 is 0 Å². The Labute approximate surface area is 159 Å². The number of hydrogen-bond donors (Lipinski definition) is 1. The van der Waals surface area contributed by atoms with Crippen molar-refractivity contribution >= 4 is 22.1 Å². The third-order valence-corrected chi connectivity index (χ3v) is 6.21. The fraction of sp³-hybridized carbons (Fsp3) is 0.364. The van der Waals surface area contributed by atoms with Gasteiger partial charge in [0.25, 0.3) is 0 Å². The van der Waals surface area contributed by atoms with Gasteiger partial charge in [-0.25, -0.2) is 0 Å². The molecule has 1 fully saturated rings. The highest BCUT2D eigenvalue weighted by molar-refractivity contribution is 7.10. The monoisotopic (exact) mass is 366 g/mol. The van der Waals surface area contributed by atoms with Gasteiger partial charge < -0.3 is 10.1 Å². The van der Waals surface area contributed by atoms with Crippen LogP contribution in [0.2, 0.25) is 0 Å². The number of methoxy groups -OCH3 is 1. The second kappa shape index (κ2) is 8.21. The average molecular weight is 367 g/mol. The number of ether oxygens (including phenoxy) is 1. The molecule has 4 heteroatoms. The van der Waals surface area contributed by atoms with Gasteiger partial charge in [0.1, 0.15) is 5.75 Å². The molecule has 3 nitrogen and oxygen atoms in total. The van der Waals surface area contributed by atoms with Crippen LogP contribution in [0.4, 0.5) is 0 Å². The molecule has 2 aromatic carbocycles. The molecule has 4 rings (SSSR count). The van der Waals surface area contributed by atoms with E-state index in [4.69, 9.17) is 4.74 Å². The maximum absolute atomic E-state index is 5.31. The first-order chi connectivity index (χ1) is 12.8. The third-order valence-electron chi connectivity index (χ3n) is 5.23. The first-order valence-corrected chi connectivity index (χ1v) is 10.3. The van der Waals surface area contributed by atoms with Crippen molar-refractivity contribution in [2.24, 2.45) is 0 Å². The molecule has 3 aromatic rings. The lowest BCUT2D eigenvalue weighted by Crippen LogP contribution is -2.33. The summed E-state index contributed by atoms with van der Waals surface area (Å²) in [7, 11) is 1.71. The SMILES string of the molecule is COc1ccc2cc(CNC[C@@H](c3cccs3)N3CCCC3)ccc2c1. The minimum absolute atomic E-state index is 0.502. The molecule has 26 heavy (non-hydrogen) atoms. The molecule has 0 bridgehead atoms. The van der Waals surface area contributed by atoms with Crippen LogP contribution < -0.4 is 10.1 Å². The van der Waals surface area contributed by atoms with E-state index < -0.39 is 0 Å². The number of nitrogens with one attached hydrogen (secondary N) is 1. The Kier molecular flexibility index (Phi) is 5.54. The predicted molar refractivity (Wildman–Crippen MR) is 110 cm³/mol. The molecule has 1 aliphatic rings. The molecule has 0 unspecified atom stereocenters. The Balaban J connectivity index is 1.41. The molecule has 1 atom stereocenters. The second-order valence-corrected chi connectivity index (χ2v) is 7.93. The molecular weight excluding hydrogens is 340 g/mol. The van der Waals surface area contributed by atoms with Crippen molar-refractivity contribution in [1.29, 1.82) is 0 Å². The Morgan fingerprint density at radius 3 is 2.65 bits per heavy atom. The molecule has 1 saturated heterocycles. The molecule has 1 aliphatic heterocycles. The normalized spacial score (nSPS) is 16.2. The van der Waals surface area contributed by atoms with Crippen LogP contribution >= 0.6 is 11.3 Å². The maximum atomic E-state index is 5.31. The molecule has 1 N–H and O–H groups in total. The van der Waals surface area contributed by atoms with Crippen LogP contribution in [0.25, 0.3) is 10.8 Å². The first-order valence-electron chi connectivity index (χ1n) is 9.38. The molecule has 0 saturated carbocycles. The Morgan fingerprint density at radius 2 is 1.88 bits per heavy atom. The van der Waals surface area contributed by atoms with Crippen LogP contribution in [0.5, 0.6) is 5.75 Å². The van der Waals surface area contributed by atoms with Crippen molar-refractivity contribution in [3.63, 3.8) is 0 Å². The fourth-order valence-electron chi connectivity index (χ4n) is 3.81. The predicted octanol–water partition coefficient (Wildman–Crippen LogP) is 4.84. The summed E-state index contributed by atoms with van der Waals surface area (Å²) < 4.78 is 5.31. The van der Waals surface area contributed by atoms with E-state index in [-0.39, 0.29) is 0 Å². The number of hydrogen-bond acceptors (Lipinski definition) is 4. The van der Waals surface area contributed by atoms with Gasteiger partial charge in [0.15, 0.2) is 0 Å². The van der Waals surface area contributed by atoms with Crippen molar-refractivity contribution in [3.05, 3.63) is 64.4 Å². The Hall–Kier alpha value is -1.88. The van der Waals surface area contributed by atoms with Gasteiger partial charge in [-0.05, 0) is 71.9 Å². The molecule has 1 aromatic heterocycles. The quantitative estimate of drug-likeness (QED) is 0.648. The number of rotatable bonds is 7. The van der Waals surface area contributed by atoms with E-state index in [0.717, 1.165) is 18.8 Å². The van der Waals surface area contributed by atoms with Crippen LogP contribution in [0, 0.1) is 0 Å². The highest BCUT2D eigenvalue weighted by Crippen LogP contribution is 2.28. The third kappa shape index (κ3) is 3.93. The van der Waals surface area contributed by atoms with E-state index in [9.17, 15) is 0 Å². The topological polar surface area (TPSA) is 24.5 Å². The molecule has 0 spiro atoms. The smallest absolute Gasteiger partial charge is 0.119 e. The van der Waals surface area contributed by atoms with Crippen LogP contribution in [-0.4, -0.2) is 31.6 Å². The average Bonchev–Trinajstić information content (AvgIpc) is 3.39. The van der Waals surface area contributed by atoms with Crippen molar-refractivity contribution in [1.82, 2.24) is 10.2 Å². The summed E-state index contributed by atoms with van der Waals surface area (Å²) in [5.41, 5.74) is 1.33. The van der Waals surface area contributed by atoms with Crippen LogP contribution in [0.15, 0.2) is 53.9 Å².